The van der Waals surface area contributed by atoms with Crippen LogP contribution in [0.1, 0.15) is 32.1 Å². The van der Waals surface area contributed by atoms with Crippen molar-refractivity contribution in [1.29, 1.82) is 0 Å². The van der Waals surface area contributed by atoms with Gasteiger partial charge in [0.05, 0.1) is 10.9 Å². The Kier molecular flexibility index (Phi) is 4.40. The number of carboxylic acids is 1. The monoisotopic (exact) mass is 387 g/mol. The van der Waals surface area contributed by atoms with E-state index in [1.165, 1.54) is 0 Å². The first kappa shape index (κ1) is 18.2. The average Bonchev–Trinajstić information content (AvgIpc) is 3.30. The second-order valence-electron chi connectivity index (χ2n) is 7.54. The van der Waals surface area contributed by atoms with Crippen molar-refractivity contribution in [3.63, 3.8) is 0 Å². The summed E-state index contributed by atoms with van der Waals surface area (Å²) in [4.78, 5) is 58.3. The number of carboxylic acid groups (broad SMARTS) is 1. The number of H-pyrrole nitrogens is 2. The van der Waals surface area contributed by atoms with Gasteiger partial charge in [-0.05, 0) is 30.9 Å². The number of amides is 2. The van der Waals surface area contributed by atoms with Crippen LogP contribution in [-0.2, 0) is 14.4 Å². The van der Waals surface area contributed by atoms with E-state index in [4.69, 9.17) is 0 Å². The molecular formula is C18H21N5O5. The van der Waals surface area contributed by atoms with Crippen LogP contribution in [0.5, 0.6) is 0 Å². The molecule has 2 aromatic heterocycles. The number of aliphatic carboxylic acids is 1. The largest absolute Gasteiger partial charge is 0.481 e. The molecule has 4 rings (SSSR count). The van der Waals surface area contributed by atoms with Gasteiger partial charge in [-0.2, -0.15) is 0 Å². The molecular weight excluding hydrogens is 366 g/mol. The SMILES string of the molecule is O=C(CCC(=O)N1C[C@@H]2CCC[C@@]2(C(=O)O)C1)Nc1ccc2[nH]c(=O)[nH]c2n1. The predicted molar refractivity (Wildman–Crippen MR) is 98.6 cm³/mol. The van der Waals surface area contributed by atoms with E-state index in [1.807, 2.05) is 0 Å². The Morgan fingerprint density at radius 2 is 2.11 bits per heavy atom. The molecule has 2 atom stereocenters. The number of nitrogens with one attached hydrogen (secondary N) is 3. The van der Waals surface area contributed by atoms with E-state index >= 15 is 0 Å². The van der Waals surface area contributed by atoms with Gasteiger partial charge in [0.15, 0.2) is 5.65 Å². The lowest BCUT2D eigenvalue weighted by atomic mass is 9.81. The molecule has 0 aromatic carbocycles. The Morgan fingerprint density at radius 1 is 1.29 bits per heavy atom. The molecule has 0 radical (unpaired) electrons. The molecule has 2 aromatic rings. The average molecular weight is 387 g/mol. The third-order valence-electron chi connectivity index (χ3n) is 5.86. The van der Waals surface area contributed by atoms with Crippen LogP contribution >= 0.6 is 0 Å². The first-order chi connectivity index (χ1) is 13.4. The molecule has 148 valence electrons. The molecule has 2 amide bonds. The Hall–Kier alpha value is -3.17. The summed E-state index contributed by atoms with van der Waals surface area (Å²) in [6.45, 7) is 0.679. The van der Waals surface area contributed by atoms with Gasteiger partial charge < -0.3 is 20.3 Å². The molecule has 0 unspecified atom stereocenters. The quantitative estimate of drug-likeness (QED) is 0.593. The summed E-state index contributed by atoms with van der Waals surface area (Å²) in [5.74, 6) is -1.12. The highest BCUT2D eigenvalue weighted by atomic mass is 16.4. The Labute approximate surface area is 159 Å². The number of hydrogen-bond acceptors (Lipinski definition) is 5. The lowest BCUT2D eigenvalue weighted by Crippen LogP contribution is -2.37. The van der Waals surface area contributed by atoms with Crippen molar-refractivity contribution in [2.24, 2.45) is 11.3 Å². The molecule has 10 heteroatoms. The Balaban J connectivity index is 1.32. The van der Waals surface area contributed by atoms with Crippen LogP contribution in [0.25, 0.3) is 11.2 Å². The van der Waals surface area contributed by atoms with E-state index in [2.05, 4.69) is 20.3 Å². The molecule has 28 heavy (non-hydrogen) atoms. The van der Waals surface area contributed by atoms with Crippen molar-refractivity contribution in [2.45, 2.75) is 32.1 Å². The van der Waals surface area contributed by atoms with Gasteiger partial charge in [-0.3, -0.25) is 19.4 Å². The fourth-order valence-electron chi connectivity index (χ4n) is 4.40. The summed E-state index contributed by atoms with van der Waals surface area (Å²) in [6, 6.07) is 3.18. The second-order valence-corrected chi connectivity index (χ2v) is 7.54. The minimum absolute atomic E-state index is 0.00205. The molecule has 1 aliphatic carbocycles. The minimum atomic E-state index is -0.827. The fraction of sp³-hybridized carbons (Fsp3) is 0.500. The van der Waals surface area contributed by atoms with E-state index in [9.17, 15) is 24.3 Å². The third-order valence-corrected chi connectivity index (χ3v) is 5.86. The molecule has 4 N–H and O–H groups in total. The van der Waals surface area contributed by atoms with Crippen molar-refractivity contribution >= 4 is 34.8 Å². The van der Waals surface area contributed by atoms with E-state index in [0.29, 0.717) is 24.1 Å². The van der Waals surface area contributed by atoms with Crippen LogP contribution in [-0.4, -0.2) is 55.8 Å². The normalized spacial score (nSPS) is 23.7. The van der Waals surface area contributed by atoms with Crippen LogP contribution in [0, 0.1) is 11.3 Å². The Morgan fingerprint density at radius 3 is 2.86 bits per heavy atom. The van der Waals surface area contributed by atoms with Crippen molar-refractivity contribution in [1.82, 2.24) is 19.9 Å². The van der Waals surface area contributed by atoms with Gasteiger partial charge in [-0.25, -0.2) is 9.78 Å². The summed E-state index contributed by atoms with van der Waals surface area (Å²) in [7, 11) is 0. The summed E-state index contributed by atoms with van der Waals surface area (Å²) >= 11 is 0. The summed E-state index contributed by atoms with van der Waals surface area (Å²) < 4.78 is 0. The van der Waals surface area contributed by atoms with E-state index < -0.39 is 11.4 Å². The summed E-state index contributed by atoms with van der Waals surface area (Å²) in [5.41, 5.74) is -0.331. The second kappa shape index (κ2) is 6.77. The number of imidazole rings is 1. The molecule has 0 spiro atoms. The van der Waals surface area contributed by atoms with Gasteiger partial charge in [0.2, 0.25) is 11.8 Å². The van der Waals surface area contributed by atoms with Crippen molar-refractivity contribution in [3.8, 4) is 0 Å². The molecule has 0 bridgehead atoms. The number of fused-ring (bicyclic) bond motifs is 2. The zero-order valence-corrected chi connectivity index (χ0v) is 15.2. The van der Waals surface area contributed by atoms with E-state index in [0.717, 1.165) is 12.8 Å². The summed E-state index contributed by atoms with van der Waals surface area (Å²) in [6.07, 6.45) is 2.30. The number of rotatable bonds is 5. The molecule has 1 saturated carbocycles. The number of carbonyl (C=O) groups is 3. The van der Waals surface area contributed by atoms with Gasteiger partial charge in [-0.1, -0.05) is 6.42 Å². The lowest BCUT2D eigenvalue weighted by molar-refractivity contribution is -0.149. The standard InChI is InChI=1S/C18H21N5O5/c24-13(20-12-4-3-11-15(21-12)22-17(28)19-11)5-6-14(25)23-8-10-2-1-7-18(10,9-23)16(26)27/h3-4,10H,1-2,5-9H2,(H,26,27)(H3,19,20,21,22,24,28)/t10-,18+/m0/s1. The minimum Gasteiger partial charge on any atom is -0.481 e. The number of nitrogens with zero attached hydrogens (tertiary/aromatic N) is 2. The molecule has 1 aliphatic heterocycles. The third kappa shape index (κ3) is 3.14. The highest BCUT2D eigenvalue weighted by Crippen LogP contribution is 2.48. The number of aromatic amines is 2. The van der Waals surface area contributed by atoms with Gasteiger partial charge in [0.1, 0.15) is 5.82 Å². The van der Waals surface area contributed by atoms with Crippen molar-refractivity contribution < 1.29 is 19.5 Å². The van der Waals surface area contributed by atoms with E-state index in [1.54, 1.807) is 17.0 Å². The molecule has 2 aliphatic rings. The van der Waals surface area contributed by atoms with Gasteiger partial charge in [-0.15, -0.1) is 0 Å². The zero-order chi connectivity index (χ0) is 19.9. The smallest absolute Gasteiger partial charge is 0.325 e. The summed E-state index contributed by atoms with van der Waals surface area (Å²) in [5, 5.41) is 12.2. The van der Waals surface area contributed by atoms with Crippen LogP contribution in [0.3, 0.4) is 0 Å². The molecule has 2 fully saturated rings. The number of hydrogen-bond donors (Lipinski definition) is 4. The van der Waals surface area contributed by atoms with Crippen LogP contribution in [0.4, 0.5) is 5.82 Å². The highest BCUT2D eigenvalue weighted by Gasteiger charge is 2.55. The van der Waals surface area contributed by atoms with Crippen LogP contribution in [0.15, 0.2) is 16.9 Å². The van der Waals surface area contributed by atoms with Gasteiger partial charge in [0.25, 0.3) is 0 Å². The number of anilines is 1. The van der Waals surface area contributed by atoms with Gasteiger partial charge in [0, 0.05) is 25.9 Å². The zero-order valence-electron chi connectivity index (χ0n) is 15.2. The topological polar surface area (TPSA) is 148 Å². The van der Waals surface area contributed by atoms with Crippen LogP contribution in [0.2, 0.25) is 0 Å². The molecule has 1 saturated heterocycles. The molecule has 3 heterocycles. The molecule has 10 nitrogen and oxygen atoms in total. The predicted octanol–water partition coefficient (Wildman–Crippen LogP) is 0.683. The van der Waals surface area contributed by atoms with Crippen molar-refractivity contribution in [2.75, 3.05) is 18.4 Å². The lowest BCUT2D eigenvalue weighted by Gasteiger charge is -2.23. The van der Waals surface area contributed by atoms with Crippen LogP contribution < -0.4 is 11.0 Å². The fourth-order valence-corrected chi connectivity index (χ4v) is 4.40. The maximum atomic E-state index is 12.5. The van der Waals surface area contributed by atoms with E-state index in [-0.39, 0.29) is 48.6 Å². The van der Waals surface area contributed by atoms with Gasteiger partial charge >= 0.3 is 11.7 Å². The number of likely N-dealkylation sites (tertiary alicyclic amines) is 1. The first-order valence-corrected chi connectivity index (χ1v) is 9.27. The maximum absolute atomic E-state index is 12.5. The first-order valence-electron chi connectivity index (χ1n) is 9.27. The highest BCUT2D eigenvalue weighted by molar-refractivity contribution is 5.93. The number of pyridine rings is 1. The Bertz CT molecular complexity index is 1010. The number of carbonyl (C=O) groups excluding carboxylic acids is 2. The number of aromatic nitrogens is 3. The maximum Gasteiger partial charge on any atom is 0.325 e. The van der Waals surface area contributed by atoms with Crippen molar-refractivity contribution in [3.05, 3.63) is 22.6 Å².